The van der Waals surface area contributed by atoms with Crippen LogP contribution in [0, 0.1) is 11.3 Å². The molecule has 1 atom stereocenters. The van der Waals surface area contributed by atoms with E-state index in [2.05, 4.69) is 13.8 Å². The third kappa shape index (κ3) is 3.20. The smallest absolute Gasteiger partial charge is 0.228 e. The lowest BCUT2D eigenvalue weighted by molar-refractivity contribution is -0.140. The monoisotopic (exact) mass is 213 g/mol. The van der Waals surface area contributed by atoms with Crippen molar-refractivity contribution in [2.45, 2.75) is 46.6 Å². The Morgan fingerprint density at radius 1 is 1.53 bits per heavy atom. The van der Waals surface area contributed by atoms with Gasteiger partial charge >= 0.3 is 0 Å². The Kier molecular flexibility index (Phi) is 3.77. The zero-order valence-electron chi connectivity index (χ0n) is 10.3. The van der Waals surface area contributed by atoms with Crippen LogP contribution in [0.3, 0.4) is 0 Å². The van der Waals surface area contributed by atoms with Gasteiger partial charge in [-0.2, -0.15) is 0 Å². The number of rotatable bonds is 3. The predicted octanol–water partition coefficient (Wildman–Crippen LogP) is 1.65. The first-order valence-electron chi connectivity index (χ1n) is 5.80. The van der Waals surface area contributed by atoms with Crippen molar-refractivity contribution in [2.75, 3.05) is 13.1 Å². The SMILES string of the molecule is CC(C)CC(C)(C)C(=O)N1CC[C@@H](O)C1. The number of amides is 1. The van der Waals surface area contributed by atoms with E-state index < -0.39 is 0 Å². The Morgan fingerprint density at radius 2 is 2.13 bits per heavy atom. The number of hydrogen-bond donors (Lipinski definition) is 1. The van der Waals surface area contributed by atoms with E-state index in [1.165, 1.54) is 0 Å². The first-order chi connectivity index (χ1) is 6.83. The van der Waals surface area contributed by atoms with E-state index in [4.69, 9.17) is 0 Å². The fourth-order valence-electron chi connectivity index (χ4n) is 2.46. The van der Waals surface area contributed by atoms with E-state index in [1.54, 1.807) is 4.90 Å². The van der Waals surface area contributed by atoms with E-state index in [0.29, 0.717) is 19.0 Å². The van der Waals surface area contributed by atoms with Gasteiger partial charge in [-0.05, 0) is 18.8 Å². The summed E-state index contributed by atoms with van der Waals surface area (Å²) in [7, 11) is 0. The number of aliphatic hydroxyl groups excluding tert-OH is 1. The van der Waals surface area contributed by atoms with Crippen LogP contribution in [-0.2, 0) is 4.79 Å². The molecular formula is C12H23NO2. The number of nitrogens with zero attached hydrogens (tertiary/aromatic N) is 1. The van der Waals surface area contributed by atoms with E-state index in [-0.39, 0.29) is 17.4 Å². The lowest BCUT2D eigenvalue weighted by atomic mass is 9.83. The highest BCUT2D eigenvalue weighted by Crippen LogP contribution is 2.29. The van der Waals surface area contributed by atoms with Crippen molar-refractivity contribution in [3.63, 3.8) is 0 Å². The van der Waals surface area contributed by atoms with Crippen LogP contribution >= 0.6 is 0 Å². The molecule has 0 radical (unpaired) electrons. The molecule has 0 aromatic rings. The van der Waals surface area contributed by atoms with Gasteiger partial charge in [0.25, 0.3) is 0 Å². The standard InChI is InChI=1S/C12H23NO2/c1-9(2)7-12(3,4)11(15)13-6-5-10(14)8-13/h9-10,14H,5-8H2,1-4H3/t10-/m1/s1. The van der Waals surface area contributed by atoms with Gasteiger partial charge in [-0.15, -0.1) is 0 Å². The van der Waals surface area contributed by atoms with Crippen molar-refractivity contribution >= 4 is 5.91 Å². The molecule has 0 saturated carbocycles. The molecule has 3 heteroatoms. The van der Waals surface area contributed by atoms with Gasteiger partial charge in [-0.25, -0.2) is 0 Å². The van der Waals surface area contributed by atoms with Crippen LogP contribution in [0.2, 0.25) is 0 Å². The maximum absolute atomic E-state index is 12.2. The lowest BCUT2D eigenvalue weighted by Crippen LogP contribution is -2.40. The molecular weight excluding hydrogens is 190 g/mol. The fraction of sp³-hybridized carbons (Fsp3) is 0.917. The van der Waals surface area contributed by atoms with Crippen molar-refractivity contribution < 1.29 is 9.90 Å². The molecule has 0 bridgehead atoms. The molecule has 0 unspecified atom stereocenters. The van der Waals surface area contributed by atoms with Crippen LogP contribution in [0.4, 0.5) is 0 Å². The first-order valence-corrected chi connectivity index (χ1v) is 5.80. The highest BCUT2D eigenvalue weighted by Gasteiger charge is 2.35. The summed E-state index contributed by atoms with van der Waals surface area (Å²) in [5, 5.41) is 9.40. The number of likely N-dealkylation sites (tertiary alicyclic amines) is 1. The van der Waals surface area contributed by atoms with E-state index in [0.717, 1.165) is 12.8 Å². The number of aliphatic hydroxyl groups is 1. The lowest BCUT2D eigenvalue weighted by Gasteiger charge is -2.30. The van der Waals surface area contributed by atoms with E-state index in [9.17, 15) is 9.90 Å². The fourth-order valence-corrected chi connectivity index (χ4v) is 2.46. The number of carbonyl (C=O) groups excluding carboxylic acids is 1. The topological polar surface area (TPSA) is 40.5 Å². The van der Waals surface area contributed by atoms with Crippen LogP contribution in [0.1, 0.15) is 40.5 Å². The van der Waals surface area contributed by atoms with Crippen molar-refractivity contribution in [3.8, 4) is 0 Å². The van der Waals surface area contributed by atoms with Gasteiger partial charge in [0.15, 0.2) is 0 Å². The molecule has 1 saturated heterocycles. The molecule has 0 aromatic heterocycles. The molecule has 3 nitrogen and oxygen atoms in total. The molecule has 1 heterocycles. The highest BCUT2D eigenvalue weighted by atomic mass is 16.3. The Labute approximate surface area is 92.5 Å². The van der Waals surface area contributed by atoms with Crippen LogP contribution in [0.25, 0.3) is 0 Å². The van der Waals surface area contributed by atoms with Crippen LogP contribution in [0.5, 0.6) is 0 Å². The molecule has 1 rings (SSSR count). The Bertz CT molecular complexity index is 236. The Hall–Kier alpha value is -0.570. The van der Waals surface area contributed by atoms with Gasteiger partial charge < -0.3 is 10.0 Å². The van der Waals surface area contributed by atoms with Crippen molar-refractivity contribution in [3.05, 3.63) is 0 Å². The third-order valence-electron chi connectivity index (χ3n) is 2.95. The minimum Gasteiger partial charge on any atom is -0.391 e. The summed E-state index contributed by atoms with van der Waals surface area (Å²) in [6.07, 6.45) is 1.31. The van der Waals surface area contributed by atoms with E-state index >= 15 is 0 Å². The van der Waals surface area contributed by atoms with E-state index in [1.807, 2.05) is 13.8 Å². The zero-order chi connectivity index (χ0) is 11.6. The summed E-state index contributed by atoms with van der Waals surface area (Å²) in [5.74, 6) is 0.712. The zero-order valence-corrected chi connectivity index (χ0v) is 10.3. The van der Waals surface area contributed by atoms with Gasteiger partial charge in [0, 0.05) is 18.5 Å². The molecule has 1 aliphatic heterocycles. The molecule has 1 N–H and O–H groups in total. The first kappa shape index (κ1) is 12.5. The second-order valence-electron chi connectivity index (χ2n) is 5.68. The predicted molar refractivity (Wildman–Crippen MR) is 60.4 cm³/mol. The average Bonchev–Trinajstić information content (AvgIpc) is 2.48. The third-order valence-corrected chi connectivity index (χ3v) is 2.95. The summed E-state index contributed by atoms with van der Waals surface area (Å²) < 4.78 is 0. The number of hydrogen-bond acceptors (Lipinski definition) is 2. The molecule has 1 amide bonds. The second-order valence-corrected chi connectivity index (χ2v) is 5.68. The minimum absolute atomic E-state index is 0.188. The Morgan fingerprint density at radius 3 is 2.53 bits per heavy atom. The quantitative estimate of drug-likeness (QED) is 0.774. The molecule has 0 spiro atoms. The molecule has 15 heavy (non-hydrogen) atoms. The van der Waals surface area contributed by atoms with Crippen LogP contribution in [0.15, 0.2) is 0 Å². The highest BCUT2D eigenvalue weighted by molar-refractivity contribution is 5.82. The maximum Gasteiger partial charge on any atom is 0.228 e. The summed E-state index contributed by atoms with van der Waals surface area (Å²) in [6.45, 7) is 9.49. The summed E-state index contributed by atoms with van der Waals surface area (Å²) >= 11 is 0. The van der Waals surface area contributed by atoms with Gasteiger partial charge in [0.2, 0.25) is 5.91 Å². The minimum atomic E-state index is -0.316. The van der Waals surface area contributed by atoms with Gasteiger partial charge in [0.1, 0.15) is 0 Å². The molecule has 1 fully saturated rings. The molecule has 0 aromatic carbocycles. The summed E-state index contributed by atoms with van der Waals surface area (Å²) in [6, 6.07) is 0. The second kappa shape index (κ2) is 4.52. The van der Waals surface area contributed by atoms with Crippen molar-refractivity contribution in [1.29, 1.82) is 0 Å². The van der Waals surface area contributed by atoms with Crippen molar-refractivity contribution in [1.82, 2.24) is 4.90 Å². The van der Waals surface area contributed by atoms with Gasteiger partial charge in [0.05, 0.1) is 6.10 Å². The van der Waals surface area contributed by atoms with Crippen LogP contribution in [-0.4, -0.2) is 35.1 Å². The number of β-amino-alcohol motifs (C(OH)–C–C–N with tert-alkyl or cyclic N) is 1. The maximum atomic E-state index is 12.2. The molecule has 0 aliphatic carbocycles. The Balaban J connectivity index is 2.58. The number of carbonyl (C=O) groups is 1. The summed E-state index contributed by atoms with van der Waals surface area (Å²) in [4.78, 5) is 14.0. The molecule has 88 valence electrons. The molecule has 1 aliphatic rings. The normalized spacial score (nSPS) is 22.5. The summed E-state index contributed by atoms with van der Waals surface area (Å²) in [5.41, 5.74) is -0.293. The average molecular weight is 213 g/mol. The van der Waals surface area contributed by atoms with Crippen molar-refractivity contribution in [2.24, 2.45) is 11.3 Å². The van der Waals surface area contributed by atoms with Gasteiger partial charge in [-0.1, -0.05) is 27.7 Å². The van der Waals surface area contributed by atoms with Crippen LogP contribution < -0.4 is 0 Å². The largest absolute Gasteiger partial charge is 0.391 e. The van der Waals surface area contributed by atoms with Gasteiger partial charge in [-0.3, -0.25) is 4.79 Å².